The quantitative estimate of drug-likeness (QED) is 0.467. The van der Waals surface area contributed by atoms with Crippen molar-refractivity contribution in [3.8, 4) is 5.75 Å². The Morgan fingerprint density at radius 2 is 1.92 bits per heavy atom. The largest absolute Gasteiger partial charge is 0.484 e. The van der Waals surface area contributed by atoms with Crippen LogP contribution in [0.4, 0.5) is 0 Å². The number of nitrogens with zero attached hydrogens (tertiary/aromatic N) is 1. The smallest absolute Gasteiger partial charge is 0.255 e. The lowest BCUT2D eigenvalue weighted by Gasteiger charge is -2.04. The van der Waals surface area contributed by atoms with Crippen molar-refractivity contribution >= 4 is 45.7 Å². The van der Waals surface area contributed by atoms with E-state index in [1.54, 1.807) is 24.3 Å². The van der Waals surface area contributed by atoms with E-state index in [1.165, 1.54) is 18.0 Å². The van der Waals surface area contributed by atoms with Crippen LogP contribution in [0.3, 0.4) is 0 Å². The molecule has 0 atom stereocenters. The van der Waals surface area contributed by atoms with Gasteiger partial charge in [0.2, 0.25) is 5.91 Å². The van der Waals surface area contributed by atoms with Crippen LogP contribution < -0.4 is 15.9 Å². The van der Waals surface area contributed by atoms with E-state index in [1.807, 2.05) is 24.3 Å². The first-order valence-electron chi connectivity index (χ1n) is 7.69. The fourth-order valence-electron chi connectivity index (χ4n) is 1.88. The molecule has 0 spiro atoms. The van der Waals surface area contributed by atoms with Crippen LogP contribution in [-0.4, -0.2) is 30.4 Å². The van der Waals surface area contributed by atoms with Gasteiger partial charge in [-0.05, 0) is 41.5 Å². The van der Waals surface area contributed by atoms with Crippen LogP contribution >= 0.6 is 27.7 Å². The van der Waals surface area contributed by atoms with Crippen LogP contribution in [0.2, 0.25) is 0 Å². The molecular weight excluding hydrogens is 418 g/mol. The first-order valence-corrected chi connectivity index (χ1v) is 9.63. The first-order chi connectivity index (χ1) is 12.5. The molecule has 0 fully saturated rings. The second-order valence-corrected chi connectivity index (χ2v) is 7.04. The van der Waals surface area contributed by atoms with E-state index in [0.29, 0.717) is 11.5 Å². The van der Waals surface area contributed by atoms with Crippen molar-refractivity contribution in [2.24, 2.45) is 10.8 Å². The molecule has 2 aromatic rings. The van der Waals surface area contributed by atoms with E-state index >= 15 is 0 Å². The van der Waals surface area contributed by atoms with Gasteiger partial charge >= 0.3 is 0 Å². The van der Waals surface area contributed by atoms with E-state index in [9.17, 15) is 9.59 Å². The number of carbonyl (C=O) groups is 2. The highest BCUT2D eigenvalue weighted by Crippen LogP contribution is 2.21. The zero-order valence-corrected chi connectivity index (χ0v) is 16.3. The van der Waals surface area contributed by atoms with Crippen LogP contribution in [0.15, 0.2) is 58.1 Å². The van der Waals surface area contributed by atoms with Gasteiger partial charge < -0.3 is 10.5 Å². The van der Waals surface area contributed by atoms with Gasteiger partial charge in [0, 0.05) is 10.2 Å². The van der Waals surface area contributed by atoms with E-state index in [-0.39, 0.29) is 12.5 Å². The van der Waals surface area contributed by atoms with E-state index < -0.39 is 5.91 Å². The minimum Gasteiger partial charge on any atom is -0.484 e. The van der Waals surface area contributed by atoms with Crippen LogP contribution in [0.5, 0.6) is 5.75 Å². The number of halogens is 1. The van der Waals surface area contributed by atoms with Crippen LogP contribution in [0, 0.1) is 0 Å². The van der Waals surface area contributed by atoms with Gasteiger partial charge in [0.15, 0.2) is 6.61 Å². The summed E-state index contributed by atoms with van der Waals surface area (Å²) in [5, 5.41) is 3.93. The van der Waals surface area contributed by atoms with Gasteiger partial charge in [-0.2, -0.15) is 5.10 Å². The van der Waals surface area contributed by atoms with Crippen molar-refractivity contribution in [2.75, 3.05) is 12.4 Å². The average Bonchev–Trinajstić information content (AvgIpc) is 2.62. The Kier molecular flexibility index (Phi) is 8.17. The summed E-state index contributed by atoms with van der Waals surface area (Å²) in [6.07, 6.45) is 1.54. The van der Waals surface area contributed by atoms with Gasteiger partial charge in [0.1, 0.15) is 5.75 Å². The summed E-state index contributed by atoms with van der Waals surface area (Å²) in [5.41, 5.74) is 9.44. The Morgan fingerprint density at radius 1 is 1.19 bits per heavy atom. The Hall–Kier alpha value is -2.32. The summed E-state index contributed by atoms with van der Waals surface area (Å²) in [7, 11) is 0. The molecule has 26 heavy (non-hydrogen) atoms. The Balaban J connectivity index is 1.71. The fourth-order valence-corrected chi connectivity index (χ4v) is 3.32. The Morgan fingerprint density at radius 3 is 2.62 bits per heavy atom. The molecule has 0 saturated carbocycles. The number of hydrazone groups is 1. The Bertz CT molecular complexity index is 782. The maximum atomic E-state index is 11.8. The molecule has 0 radical (unpaired) electrons. The number of hydrogen-bond acceptors (Lipinski definition) is 5. The number of thioether (sulfide) groups is 1. The molecule has 6 nitrogen and oxygen atoms in total. The average molecular weight is 436 g/mol. The molecule has 0 heterocycles. The molecule has 2 aromatic carbocycles. The lowest BCUT2D eigenvalue weighted by atomic mass is 10.2. The summed E-state index contributed by atoms with van der Waals surface area (Å²) in [6.45, 7) is -0.166. The van der Waals surface area contributed by atoms with Crippen molar-refractivity contribution in [2.45, 2.75) is 5.75 Å². The van der Waals surface area contributed by atoms with Crippen molar-refractivity contribution < 1.29 is 14.3 Å². The third kappa shape index (κ3) is 7.28. The molecule has 0 unspecified atom stereocenters. The summed E-state index contributed by atoms with van der Waals surface area (Å²) in [4.78, 5) is 22.4. The molecule has 136 valence electrons. The van der Waals surface area contributed by atoms with Gasteiger partial charge in [0.05, 0.1) is 12.0 Å². The normalized spacial score (nSPS) is 10.7. The van der Waals surface area contributed by atoms with Crippen LogP contribution in [0.25, 0.3) is 0 Å². The SMILES string of the molecule is NC(=O)COc1ccc(/C=N\NC(=O)CSCc2ccccc2Br)cc1. The molecule has 2 amide bonds. The molecule has 0 aromatic heterocycles. The van der Waals surface area contributed by atoms with Gasteiger partial charge in [-0.1, -0.05) is 34.1 Å². The van der Waals surface area contributed by atoms with E-state index in [2.05, 4.69) is 26.5 Å². The van der Waals surface area contributed by atoms with E-state index in [0.717, 1.165) is 21.4 Å². The van der Waals surface area contributed by atoms with Crippen molar-refractivity contribution in [3.63, 3.8) is 0 Å². The number of benzene rings is 2. The first kappa shape index (κ1) is 20.0. The summed E-state index contributed by atoms with van der Waals surface area (Å²) < 4.78 is 6.20. The lowest BCUT2D eigenvalue weighted by Crippen LogP contribution is -2.20. The maximum absolute atomic E-state index is 11.8. The molecule has 0 aliphatic carbocycles. The molecule has 0 bridgehead atoms. The molecule has 0 aliphatic rings. The molecule has 0 aliphatic heterocycles. The van der Waals surface area contributed by atoms with Gasteiger partial charge in [0.25, 0.3) is 5.91 Å². The zero-order valence-electron chi connectivity index (χ0n) is 13.9. The monoisotopic (exact) mass is 435 g/mol. The predicted octanol–water partition coefficient (Wildman–Crippen LogP) is 2.70. The topological polar surface area (TPSA) is 93.8 Å². The minimum absolute atomic E-state index is 0.166. The summed E-state index contributed by atoms with van der Waals surface area (Å²) in [6, 6.07) is 14.8. The molecule has 2 rings (SSSR count). The number of nitrogens with two attached hydrogens (primary N) is 1. The summed E-state index contributed by atoms with van der Waals surface area (Å²) >= 11 is 5.00. The Labute approximate surface area is 164 Å². The van der Waals surface area contributed by atoms with Crippen LogP contribution in [0.1, 0.15) is 11.1 Å². The molecule has 8 heteroatoms. The number of primary amides is 1. The van der Waals surface area contributed by atoms with Crippen LogP contribution in [-0.2, 0) is 15.3 Å². The van der Waals surface area contributed by atoms with Crippen molar-refractivity contribution in [1.29, 1.82) is 0 Å². The second kappa shape index (κ2) is 10.6. The number of ether oxygens (including phenoxy) is 1. The number of nitrogens with one attached hydrogen (secondary N) is 1. The maximum Gasteiger partial charge on any atom is 0.255 e. The number of hydrogen-bond donors (Lipinski definition) is 2. The fraction of sp³-hybridized carbons (Fsp3) is 0.167. The second-order valence-electron chi connectivity index (χ2n) is 5.20. The van der Waals surface area contributed by atoms with Crippen molar-refractivity contribution in [1.82, 2.24) is 5.43 Å². The number of rotatable bonds is 9. The standard InChI is InChI=1S/C18H18BrN3O3S/c19-16-4-2-1-3-14(16)11-26-12-18(24)22-21-9-13-5-7-15(8-6-13)25-10-17(20)23/h1-9H,10-12H2,(H2,20,23)(H,22,24)/b21-9-. The van der Waals surface area contributed by atoms with Gasteiger partial charge in [-0.25, -0.2) is 5.43 Å². The molecule has 3 N–H and O–H groups in total. The lowest BCUT2D eigenvalue weighted by molar-refractivity contribution is -0.120. The number of carbonyl (C=O) groups excluding carboxylic acids is 2. The van der Waals surface area contributed by atoms with Gasteiger partial charge in [-0.3, -0.25) is 9.59 Å². The third-order valence-corrected chi connectivity index (χ3v) is 4.87. The number of amides is 2. The van der Waals surface area contributed by atoms with Gasteiger partial charge in [-0.15, -0.1) is 11.8 Å². The predicted molar refractivity (Wildman–Crippen MR) is 107 cm³/mol. The summed E-state index contributed by atoms with van der Waals surface area (Å²) in [5.74, 6) is 0.896. The third-order valence-electron chi connectivity index (χ3n) is 3.11. The molecular formula is C18H18BrN3O3S. The van der Waals surface area contributed by atoms with Crippen molar-refractivity contribution in [3.05, 3.63) is 64.1 Å². The molecule has 0 saturated heterocycles. The zero-order chi connectivity index (χ0) is 18.8. The highest BCUT2D eigenvalue weighted by Gasteiger charge is 2.03. The highest BCUT2D eigenvalue weighted by atomic mass is 79.9. The highest BCUT2D eigenvalue weighted by molar-refractivity contribution is 9.10. The minimum atomic E-state index is -0.532. The van der Waals surface area contributed by atoms with E-state index in [4.69, 9.17) is 10.5 Å².